The van der Waals surface area contributed by atoms with Gasteiger partial charge in [0.05, 0.1) is 28.7 Å². The Hall–Kier alpha value is -2.92. The van der Waals surface area contributed by atoms with Gasteiger partial charge in [-0.2, -0.15) is 18.3 Å². The molecule has 3 heterocycles. The van der Waals surface area contributed by atoms with Gasteiger partial charge in [0.15, 0.2) is 5.15 Å². The smallest absolute Gasteiger partial charge is 0.386 e. The molecule has 3 aromatic heterocycles. The van der Waals surface area contributed by atoms with Crippen LogP contribution in [0.5, 0.6) is 0 Å². The number of carbonyl (C=O) groups excluding carboxylic acids is 1. The average molecular weight is 486 g/mol. The van der Waals surface area contributed by atoms with E-state index in [4.69, 9.17) is 11.6 Å². The summed E-state index contributed by atoms with van der Waals surface area (Å²) >= 11 is 7.57. The lowest BCUT2D eigenvalue weighted by atomic mass is 10.1. The fourth-order valence-corrected chi connectivity index (χ4v) is 3.80. The monoisotopic (exact) mass is 485 g/mol. The Morgan fingerprint density at radius 2 is 2.12 bits per heavy atom. The number of anilines is 1. The minimum Gasteiger partial charge on any atom is -0.386 e. The van der Waals surface area contributed by atoms with Crippen LogP contribution in [0.4, 0.5) is 18.9 Å². The molecule has 0 unspecified atom stereocenters. The third-order valence-electron chi connectivity index (χ3n) is 4.25. The molecule has 3 rings (SSSR count). The number of alkyl halides is 3. The molecule has 0 fully saturated rings. The topological polar surface area (TPSA) is 72.6 Å². The van der Waals surface area contributed by atoms with Gasteiger partial charge in [-0.05, 0) is 30.5 Å². The van der Waals surface area contributed by atoms with Crippen LogP contribution in [-0.4, -0.2) is 45.7 Å². The van der Waals surface area contributed by atoms with Crippen molar-refractivity contribution in [3.05, 3.63) is 58.3 Å². The van der Waals surface area contributed by atoms with Gasteiger partial charge in [0, 0.05) is 25.6 Å². The van der Waals surface area contributed by atoms with Crippen molar-refractivity contribution >= 4 is 40.2 Å². The predicted molar refractivity (Wildman–Crippen MR) is 116 cm³/mol. The van der Waals surface area contributed by atoms with Gasteiger partial charge in [-0.25, -0.2) is 4.68 Å². The normalized spacial score (nSPS) is 12.1. The average Bonchev–Trinajstić information content (AvgIpc) is 3.41. The number of carbonyl (C=O) groups is 1. The van der Waals surface area contributed by atoms with E-state index in [0.717, 1.165) is 0 Å². The van der Waals surface area contributed by atoms with Crippen molar-refractivity contribution < 1.29 is 22.8 Å². The van der Waals surface area contributed by atoms with Crippen LogP contribution in [0.25, 0.3) is 5.69 Å². The van der Waals surface area contributed by atoms with E-state index in [-0.39, 0.29) is 29.6 Å². The second-order valence-electron chi connectivity index (χ2n) is 6.50. The zero-order chi connectivity index (χ0) is 23.1. The number of oxime groups is 1. The second-order valence-corrected chi connectivity index (χ2v) is 7.81. The molecule has 0 N–H and O–H groups in total. The zero-order valence-electron chi connectivity index (χ0n) is 16.9. The molecule has 12 heteroatoms. The Balaban J connectivity index is 1.72. The molecule has 7 nitrogen and oxygen atoms in total. The quantitative estimate of drug-likeness (QED) is 0.312. The lowest BCUT2D eigenvalue weighted by Gasteiger charge is -2.19. The van der Waals surface area contributed by atoms with Gasteiger partial charge in [-0.15, -0.1) is 11.3 Å². The fraction of sp³-hybridized carbons (Fsp3) is 0.300. The van der Waals surface area contributed by atoms with E-state index in [2.05, 4.69) is 20.1 Å². The number of thiophene rings is 1. The number of hydrogen-bond donors (Lipinski definition) is 0. The summed E-state index contributed by atoms with van der Waals surface area (Å²) in [7, 11) is 0. The zero-order valence-corrected chi connectivity index (χ0v) is 18.5. The molecule has 0 radical (unpaired) electrons. The van der Waals surface area contributed by atoms with Crippen LogP contribution in [0.1, 0.15) is 24.6 Å². The van der Waals surface area contributed by atoms with Gasteiger partial charge >= 0.3 is 6.18 Å². The third-order valence-corrected chi connectivity index (χ3v) is 5.44. The maximum atomic E-state index is 12.9. The molecule has 0 saturated carbocycles. The van der Waals surface area contributed by atoms with Gasteiger partial charge < -0.3 is 9.74 Å². The SMILES string of the molecule is CCN(C(=O)CC/C(=N/OCC(F)(F)F)c1cccs1)c1cn(-c2cccnc2)nc1Cl. The minimum absolute atomic E-state index is 0.00560. The van der Waals surface area contributed by atoms with E-state index < -0.39 is 12.8 Å². The molecule has 0 aliphatic carbocycles. The lowest BCUT2D eigenvalue weighted by molar-refractivity contribution is -0.173. The Bertz CT molecular complexity index is 1060. The molecular weight excluding hydrogens is 467 g/mol. The fourth-order valence-electron chi connectivity index (χ4n) is 2.83. The van der Waals surface area contributed by atoms with Gasteiger partial charge in [0.25, 0.3) is 0 Å². The Morgan fingerprint density at radius 3 is 2.75 bits per heavy atom. The second kappa shape index (κ2) is 10.6. The standard InChI is InChI=1S/C20H19ClF3N5O2S/c1-2-28(16-12-29(26-19(16)21)14-5-3-9-25-11-14)18(30)8-7-15(17-6-4-10-32-17)27-31-13-20(22,23)24/h3-6,9-12H,2,7-8,13H2,1H3/b27-15-. The van der Waals surface area contributed by atoms with Crippen LogP contribution < -0.4 is 4.90 Å². The summed E-state index contributed by atoms with van der Waals surface area (Å²) in [5.74, 6) is -0.278. The Kier molecular flexibility index (Phi) is 7.86. The van der Waals surface area contributed by atoms with E-state index >= 15 is 0 Å². The highest BCUT2D eigenvalue weighted by atomic mass is 35.5. The number of amides is 1. The summed E-state index contributed by atoms with van der Waals surface area (Å²) in [6.45, 7) is 0.615. The van der Waals surface area contributed by atoms with Crippen molar-refractivity contribution in [3.63, 3.8) is 0 Å². The van der Waals surface area contributed by atoms with Crippen molar-refractivity contribution in [2.75, 3.05) is 18.1 Å². The summed E-state index contributed by atoms with van der Waals surface area (Å²) in [5, 5.41) is 9.77. The molecule has 32 heavy (non-hydrogen) atoms. The first-order chi connectivity index (χ1) is 15.3. The van der Waals surface area contributed by atoms with Crippen LogP contribution in [0.2, 0.25) is 5.15 Å². The Labute approximate surface area is 191 Å². The van der Waals surface area contributed by atoms with E-state index in [1.54, 1.807) is 55.2 Å². The molecular formula is C20H19ClF3N5O2S. The number of pyridine rings is 1. The molecule has 0 aliphatic rings. The van der Waals surface area contributed by atoms with Gasteiger partial charge in [0.2, 0.25) is 12.5 Å². The van der Waals surface area contributed by atoms with Crippen molar-refractivity contribution in [1.82, 2.24) is 14.8 Å². The molecule has 0 aliphatic heterocycles. The van der Waals surface area contributed by atoms with Crippen LogP contribution in [0, 0.1) is 0 Å². The number of aromatic nitrogens is 3. The molecule has 170 valence electrons. The van der Waals surface area contributed by atoms with E-state index in [9.17, 15) is 18.0 Å². The molecule has 0 saturated heterocycles. The first kappa shape index (κ1) is 23.7. The van der Waals surface area contributed by atoms with Crippen LogP contribution >= 0.6 is 22.9 Å². The first-order valence-electron chi connectivity index (χ1n) is 9.54. The highest BCUT2D eigenvalue weighted by molar-refractivity contribution is 7.12. The molecule has 0 spiro atoms. The maximum absolute atomic E-state index is 12.9. The Morgan fingerprint density at radius 1 is 1.31 bits per heavy atom. The summed E-state index contributed by atoms with van der Waals surface area (Å²) in [5.41, 5.74) is 1.37. The number of rotatable bonds is 9. The van der Waals surface area contributed by atoms with Gasteiger partial charge in [-0.3, -0.25) is 9.78 Å². The lowest BCUT2D eigenvalue weighted by Crippen LogP contribution is -2.31. The van der Waals surface area contributed by atoms with E-state index in [1.165, 1.54) is 20.9 Å². The van der Waals surface area contributed by atoms with E-state index in [0.29, 0.717) is 22.8 Å². The maximum Gasteiger partial charge on any atom is 0.425 e. The van der Waals surface area contributed by atoms with E-state index in [1.807, 2.05) is 0 Å². The van der Waals surface area contributed by atoms with Crippen LogP contribution in [0.15, 0.2) is 53.4 Å². The molecule has 0 aromatic carbocycles. The molecule has 3 aromatic rings. The minimum atomic E-state index is -4.50. The molecule has 1 amide bonds. The van der Waals surface area contributed by atoms with Gasteiger partial charge in [-0.1, -0.05) is 22.8 Å². The summed E-state index contributed by atoms with van der Waals surface area (Å²) in [6, 6.07) is 6.99. The van der Waals surface area contributed by atoms with Crippen molar-refractivity contribution in [1.29, 1.82) is 0 Å². The predicted octanol–water partition coefficient (Wildman–Crippen LogP) is 5.10. The highest BCUT2D eigenvalue weighted by Crippen LogP contribution is 2.27. The number of hydrogen-bond acceptors (Lipinski definition) is 6. The van der Waals surface area contributed by atoms with Gasteiger partial charge in [0.1, 0.15) is 5.69 Å². The molecule has 0 bridgehead atoms. The van der Waals surface area contributed by atoms with Crippen LogP contribution in [-0.2, 0) is 9.63 Å². The third kappa shape index (κ3) is 6.30. The summed E-state index contributed by atoms with van der Waals surface area (Å²) < 4.78 is 38.7. The van der Waals surface area contributed by atoms with Crippen molar-refractivity contribution in [2.45, 2.75) is 25.9 Å². The largest absolute Gasteiger partial charge is 0.425 e. The highest BCUT2D eigenvalue weighted by Gasteiger charge is 2.29. The number of halogens is 4. The molecule has 0 atom stereocenters. The van der Waals surface area contributed by atoms with Crippen LogP contribution in [0.3, 0.4) is 0 Å². The first-order valence-corrected chi connectivity index (χ1v) is 10.8. The van der Waals surface area contributed by atoms with Crippen molar-refractivity contribution in [2.24, 2.45) is 5.16 Å². The summed E-state index contributed by atoms with van der Waals surface area (Å²) in [4.78, 5) is 23.5. The van der Waals surface area contributed by atoms with Crippen molar-refractivity contribution in [3.8, 4) is 5.69 Å². The summed E-state index contributed by atoms with van der Waals surface area (Å²) in [6.07, 6.45) is 0.459. The number of nitrogens with zero attached hydrogens (tertiary/aromatic N) is 5.